The fourth-order valence-corrected chi connectivity index (χ4v) is 1.64. The SMILES string of the molecule is Cc1ccc2cc(C(=O)S)ccc2c1. The van der Waals surface area contributed by atoms with Crippen LogP contribution in [0.2, 0.25) is 0 Å². The second-order valence-electron chi connectivity index (χ2n) is 3.37. The van der Waals surface area contributed by atoms with Gasteiger partial charge in [0.05, 0.1) is 0 Å². The van der Waals surface area contributed by atoms with Crippen LogP contribution in [0.25, 0.3) is 10.8 Å². The molecule has 70 valence electrons. The van der Waals surface area contributed by atoms with Crippen LogP contribution >= 0.6 is 12.6 Å². The van der Waals surface area contributed by atoms with Crippen LogP contribution in [0.15, 0.2) is 36.4 Å². The molecule has 0 heterocycles. The van der Waals surface area contributed by atoms with Gasteiger partial charge in [0.25, 0.3) is 0 Å². The lowest BCUT2D eigenvalue weighted by molar-refractivity contribution is 0.109. The molecule has 2 aromatic rings. The molecule has 0 atom stereocenters. The summed E-state index contributed by atoms with van der Waals surface area (Å²) in [5.41, 5.74) is 1.87. The molecule has 0 saturated heterocycles. The van der Waals surface area contributed by atoms with Gasteiger partial charge in [0.1, 0.15) is 0 Å². The van der Waals surface area contributed by atoms with Crippen LogP contribution in [0, 0.1) is 6.92 Å². The number of hydrogen-bond donors (Lipinski definition) is 1. The lowest BCUT2D eigenvalue weighted by atomic mass is 10.1. The number of fused-ring (bicyclic) bond motifs is 1. The minimum atomic E-state index is -0.188. The van der Waals surface area contributed by atoms with E-state index in [-0.39, 0.29) is 5.12 Å². The summed E-state index contributed by atoms with van der Waals surface area (Å²) in [6, 6.07) is 11.8. The minimum Gasteiger partial charge on any atom is -0.282 e. The van der Waals surface area contributed by atoms with Gasteiger partial charge in [-0.15, -0.1) is 12.6 Å². The first kappa shape index (κ1) is 9.28. The standard InChI is InChI=1S/C12H10OS/c1-8-2-3-10-7-11(12(13)14)5-4-9(10)6-8/h2-7H,1H3,(H,13,14). The smallest absolute Gasteiger partial charge is 0.216 e. The number of carbonyl (C=O) groups is 1. The maximum Gasteiger partial charge on any atom is 0.216 e. The van der Waals surface area contributed by atoms with Crippen molar-refractivity contribution in [3.8, 4) is 0 Å². The molecule has 2 heteroatoms. The highest BCUT2D eigenvalue weighted by Gasteiger charge is 2.01. The number of hydrogen-bond acceptors (Lipinski definition) is 1. The fraction of sp³-hybridized carbons (Fsp3) is 0.0833. The van der Waals surface area contributed by atoms with Gasteiger partial charge < -0.3 is 0 Å². The molecule has 0 fully saturated rings. The van der Waals surface area contributed by atoms with Crippen LogP contribution in [0.3, 0.4) is 0 Å². The van der Waals surface area contributed by atoms with Gasteiger partial charge in [-0.05, 0) is 29.8 Å². The summed E-state index contributed by atoms with van der Waals surface area (Å²) >= 11 is 3.79. The zero-order valence-corrected chi connectivity index (χ0v) is 8.71. The molecule has 0 aliphatic carbocycles. The third kappa shape index (κ3) is 1.66. The first-order chi connectivity index (χ1) is 6.66. The Bertz CT molecular complexity index is 503. The first-order valence-corrected chi connectivity index (χ1v) is 4.85. The summed E-state index contributed by atoms with van der Waals surface area (Å²) in [7, 11) is 0. The minimum absolute atomic E-state index is 0.188. The molecular weight excluding hydrogens is 192 g/mol. The quantitative estimate of drug-likeness (QED) is 0.703. The number of benzene rings is 2. The summed E-state index contributed by atoms with van der Waals surface area (Å²) in [6.07, 6.45) is 0. The average molecular weight is 202 g/mol. The molecular formula is C12H10OS. The Morgan fingerprint density at radius 1 is 1.07 bits per heavy atom. The van der Waals surface area contributed by atoms with Crippen LogP contribution in [-0.2, 0) is 0 Å². The Morgan fingerprint density at radius 3 is 2.43 bits per heavy atom. The summed E-state index contributed by atoms with van der Waals surface area (Å²) in [4.78, 5) is 11.0. The molecule has 14 heavy (non-hydrogen) atoms. The molecule has 0 bridgehead atoms. The van der Waals surface area contributed by atoms with Gasteiger partial charge in [-0.1, -0.05) is 29.8 Å². The molecule has 0 aliphatic rings. The Morgan fingerprint density at radius 2 is 1.71 bits per heavy atom. The Hall–Kier alpha value is -1.28. The van der Waals surface area contributed by atoms with E-state index in [1.165, 1.54) is 5.56 Å². The van der Waals surface area contributed by atoms with Gasteiger partial charge in [0, 0.05) is 5.56 Å². The van der Waals surface area contributed by atoms with Gasteiger partial charge >= 0.3 is 0 Å². The summed E-state index contributed by atoms with van der Waals surface area (Å²) in [5, 5.41) is 2.05. The number of carbonyl (C=O) groups excluding carboxylic acids is 1. The monoisotopic (exact) mass is 202 g/mol. The Kier molecular flexibility index (Phi) is 2.30. The predicted octanol–water partition coefficient (Wildman–Crippen LogP) is 3.22. The van der Waals surface area contributed by atoms with Gasteiger partial charge in [-0.25, -0.2) is 0 Å². The van der Waals surface area contributed by atoms with Crippen molar-refractivity contribution in [2.75, 3.05) is 0 Å². The van der Waals surface area contributed by atoms with E-state index in [1.54, 1.807) is 6.07 Å². The fourth-order valence-electron chi connectivity index (χ4n) is 1.50. The van der Waals surface area contributed by atoms with E-state index in [1.807, 2.05) is 24.3 Å². The molecule has 0 aliphatic heterocycles. The summed E-state index contributed by atoms with van der Waals surface area (Å²) in [5.74, 6) is 0. The van der Waals surface area contributed by atoms with Gasteiger partial charge in [-0.3, -0.25) is 4.79 Å². The van der Waals surface area contributed by atoms with E-state index in [0.717, 1.165) is 10.8 Å². The molecule has 2 rings (SSSR count). The van der Waals surface area contributed by atoms with E-state index < -0.39 is 0 Å². The van der Waals surface area contributed by atoms with Crippen molar-refractivity contribution in [3.05, 3.63) is 47.5 Å². The molecule has 0 N–H and O–H groups in total. The van der Waals surface area contributed by atoms with Gasteiger partial charge in [0.2, 0.25) is 5.12 Å². The molecule has 0 amide bonds. The zero-order chi connectivity index (χ0) is 10.1. The van der Waals surface area contributed by atoms with Crippen molar-refractivity contribution >= 4 is 28.5 Å². The molecule has 0 saturated carbocycles. The molecule has 0 spiro atoms. The summed E-state index contributed by atoms with van der Waals surface area (Å²) in [6.45, 7) is 2.05. The highest BCUT2D eigenvalue weighted by Crippen LogP contribution is 2.18. The van der Waals surface area contributed by atoms with Gasteiger partial charge in [-0.2, -0.15) is 0 Å². The number of aryl methyl sites for hydroxylation is 1. The highest BCUT2D eigenvalue weighted by atomic mass is 32.1. The van der Waals surface area contributed by atoms with E-state index in [9.17, 15) is 4.79 Å². The van der Waals surface area contributed by atoms with Crippen molar-refractivity contribution in [2.45, 2.75) is 6.92 Å². The Labute approximate surface area is 88.2 Å². The third-order valence-electron chi connectivity index (χ3n) is 2.24. The zero-order valence-electron chi connectivity index (χ0n) is 7.82. The van der Waals surface area contributed by atoms with Crippen molar-refractivity contribution in [3.63, 3.8) is 0 Å². The van der Waals surface area contributed by atoms with Crippen LogP contribution in [-0.4, -0.2) is 5.12 Å². The van der Waals surface area contributed by atoms with Crippen LogP contribution < -0.4 is 0 Å². The maximum absolute atomic E-state index is 11.0. The molecule has 0 unspecified atom stereocenters. The Balaban J connectivity index is 2.67. The maximum atomic E-state index is 11.0. The average Bonchev–Trinajstić information content (AvgIpc) is 2.16. The third-order valence-corrected chi connectivity index (χ3v) is 2.50. The summed E-state index contributed by atoms with van der Waals surface area (Å²) < 4.78 is 0. The van der Waals surface area contributed by atoms with Crippen LogP contribution in [0.4, 0.5) is 0 Å². The molecule has 1 nitrogen and oxygen atoms in total. The van der Waals surface area contributed by atoms with E-state index in [4.69, 9.17) is 0 Å². The van der Waals surface area contributed by atoms with Crippen molar-refractivity contribution in [2.24, 2.45) is 0 Å². The lowest BCUT2D eigenvalue weighted by Crippen LogP contribution is -1.88. The van der Waals surface area contributed by atoms with Crippen molar-refractivity contribution in [1.82, 2.24) is 0 Å². The van der Waals surface area contributed by atoms with E-state index in [0.29, 0.717) is 5.56 Å². The molecule has 0 aromatic heterocycles. The second-order valence-corrected chi connectivity index (χ2v) is 3.78. The van der Waals surface area contributed by atoms with Gasteiger partial charge in [0.15, 0.2) is 0 Å². The van der Waals surface area contributed by atoms with E-state index in [2.05, 4.69) is 25.6 Å². The molecule has 2 aromatic carbocycles. The second kappa shape index (κ2) is 3.46. The van der Waals surface area contributed by atoms with Crippen molar-refractivity contribution < 1.29 is 4.79 Å². The van der Waals surface area contributed by atoms with Crippen LogP contribution in [0.1, 0.15) is 15.9 Å². The molecule has 0 radical (unpaired) electrons. The number of rotatable bonds is 1. The lowest BCUT2D eigenvalue weighted by Gasteiger charge is -2.01. The number of thiol groups is 1. The topological polar surface area (TPSA) is 17.1 Å². The van der Waals surface area contributed by atoms with Crippen molar-refractivity contribution in [1.29, 1.82) is 0 Å². The largest absolute Gasteiger partial charge is 0.282 e. The first-order valence-electron chi connectivity index (χ1n) is 4.40. The highest BCUT2D eigenvalue weighted by molar-refractivity contribution is 7.97. The van der Waals surface area contributed by atoms with E-state index >= 15 is 0 Å². The van der Waals surface area contributed by atoms with Crippen LogP contribution in [0.5, 0.6) is 0 Å². The predicted molar refractivity (Wildman–Crippen MR) is 62.0 cm³/mol. The normalized spacial score (nSPS) is 10.4.